The number of likely N-dealkylation sites (tertiary alicyclic amines) is 1. The van der Waals surface area contributed by atoms with E-state index in [0.29, 0.717) is 35.1 Å². The molecule has 0 radical (unpaired) electrons. The van der Waals surface area contributed by atoms with Crippen molar-refractivity contribution in [2.24, 2.45) is 0 Å². The van der Waals surface area contributed by atoms with Crippen molar-refractivity contribution in [2.75, 3.05) is 27.2 Å². The van der Waals surface area contributed by atoms with Gasteiger partial charge in [0.1, 0.15) is 10.3 Å². The standard InChI is InChI=1S/C24H31N3O3S/c1-4-5-15-27-18-11-7-6-10-17(18)21-19(24(27)29)20(30-3)22(31-21)23(28)25-13-12-16-9-8-14-26(16)2/h6-7,10-11,16H,4-5,8-9,12-15H2,1-3H3,(H,25,28). The number of aryl methyl sites for hydroxylation is 1. The Balaban J connectivity index is 1.71. The number of unbranched alkanes of at least 4 members (excludes halogenated alkanes) is 1. The summed E-state index contributed by atoms with van der Waals surface area (Å²) in [6.45, 7) is 4.51. The van der Waals surface area contributed by atoms with Crippen molar-refractivity contribution in [2.45, 2.75) is 51.6 Å². The molecule has 1 amide bonds. The van der Waals surface area contributed by atoms with Crippen LogP contribution >= 0.6 is 11.3 Å². The van der Waals surface area contributed by atoms with Gasteiger partial charge in [0.15, 0.2) is 5.75 Å². The fraction of sp³-hybridized carbons (Fsp3) is 0.500. The first-order valence-corrected chi connectivity index (χ1v) is 12.0. The summed E-state index contributed by atoms with van der Waals surface area (Å²) >= 11 is 1.36. The molecule has 2 aromatic heterocycles. The summed E-state index contributed by atoms with van der Waals surface area (Å²) in [5.41, 5.74) is 0.829. The lowest BCUT2D eigenvalue weighted by Crippen LogP contribution is -2.31. The van der Waals surface area contributed by atoms with Crippen LogP contribution in [-0.4, -0.2) is 48.7 Å². The van der Waals surface area contributed by atoms with Gasteiger partial charge < -0.3 is 19.5 Å². The minimum Gasteiger partial charge on any atom is -0.494 e. The minimum atomic E-state index is -0.165. The highest BCUT2D eigenvalue weighted by atomic mass is 32.1. The maximum atomic E-state index is 13.4. The van der Waals surface area contributed by atoms with Crippen molar-refractivity contribution in [1.82, 2.24) is 14.8 Å². The molecule has 0 saturated carbocycles. The topological polar surface area (TPSA) is 63.6 Å². The Morgan fingerprint density at radius 3 is 2.84 bits per heavy atom. The highest BCUT2D eigenvalue weighted by Crippen LogP contribution is 2.39. The number of hydrogen-bond donors (Lipinski definition) is 1. The molecule has 1 aliphatic rings. The molecule has 3 heterocycles. The lowest BCUT2D eigenvalue weighted by Gasteiger charge is -2.19. The minimum absolute atomic E-state index is 0.0816. The Labute approximate surface area is 186 Å². The number of nitrogens with one attached hydrogen (secondary N) is 1. The highest BCUT2D eigenvalue weighted by molar-refractivity contribution is 7.22. The number of nitrogens with zero attached hydrogens (tertiary/aromatic N) is 2. The van der Waals surface area contributed by atoms with Crippen LogP contribution in [0.15, 0.2) is 29.1 Å². The summed E-state index contributed by atoms with van der Waals surface area (Å²) in [7, 11) is 3.68. The molecule has 3 aromatic rings. The number of aromatic nitrogens is 1. The van der Waals surface area contributed by atoms with Crippen LogP contribution in [0.3, 0.4) is 0 Å². The van der Waals surface area contributed by atoms with Gasteiger partial charge >= 0.3 is 0 Å². The number of carbonyl (C=O) groups is 1. The van der Waals surface area contributed by atoms with Crippen LogP contribution in [0.25, 0.3) is 21.0 Å². The van der Waals surface area contributed by atoms with Gasteiger partial charge in [0, 0.05) is 24.5 Å². The predicted octanol–water partition coefficient (Wildman–Crippen LogP) is 4.24. The first-order chi connectivity index (χ1) is 15.1. The smallest absolute Gasteiger partial charge is 0.265 e. The average molecular weight is 442 g/mol. The molecule has 1 unspecified atom stereocenters. The fourth-order valence-electron chi connectivity index (χ4n) is 4.60. The molecule has 0 bridgehead atoms. The van der Waals surface area contributed by atoms with Gasteiger partial charge in [-0.2, -0.15) is 0 Å². The highest BCUT2D eigenvalue weighted by Gasteiger charge is 2.25. The lowest BCUT2D eigenvalue weighted by molar-refractivity contribution is 0.0952. The van der Waals surface area contributed by atoms with Crippen molar-refractivity contribution >= 4 is 38.2 Å². The molecule has 166 valence electrons. The Hall–Kier alpha value is -2.38. The second-order valence-electron chi connectivity index (χ2n) is 8.32. The largest absolute Gasteiger partial charge is 0.494 e. The van der Waals surface area contributed by atoms with Gasteiger partial charge in [-0.05, 0) is 45.3 Å². The van der Waals surface area contributed by atoms with Crippen LogP contribution in [0.5, 0.6) is 5.75 Å². The Morgan fingerprint density at radius 1 is 1.32 bits per heavy atom. The zero-order chi connectivity index (χ0) is 22.0. The third-order valence-corrected chi connectivity index (χ3v) is 7.55. The summed E-state index contributed by atoms with van der Waals surface area (Å²) in [5.74, 6) is 0.235. The summed E-state index contributed by atoms with van der Waals surface area (Å²) in [4.78, 5) is 29.3. The zero-order valence-corrected chi connectivity index (χ0v) is 19.4. The second-order valence-corrected chi connectivity index (χ2v) is 9.34. The molecular formula is C24H31N3O3S. The van der Waals surface area contributed by atoms with E-state index >= 15 is 0 Å². The maximum Gasteiger partial charge on any atom is 0.265 e. The molecule has 1 N–H and O–H groups in total. The number of para-hydroxylation sites is 1. The third-order valence-electron chi connectivity index (χ3n) is 6.34. The van der Waals surface area contributed by atoms with Crippen LogP contribution < -0.4 is 15.6 Å². The molecule has 1 atom stereocenters. The monoisotopic (exact) mass is 441 g/mol. The molecule has 6 nitrogen and oxygen atoms in total. The third kappa shape index (κ3) is 4.08. The van der Waals surface area contributed by atoms with Crippen LogP contribution in [0.4, 0.5) is 0 Å². The van der Waals surface area contributed by atoms with Gasteiger partial charge in [-0.25, -0.2) is 0 Å². The second kappa shape index (κ2) is 9.40. The summed E-state index contributed by atoms with van der Waals surface area (Å²) < 4.78 is 8.29. The van der Waals surface area contributed by atoms with Gasteiger partial charge in [0.2, 0.25) is 0 Å². The van der Waals surface area contributed by atoms with E-state index < -0.39 is 0 Å². The Bertz CT molecular complexity index is 1150. The first-order valence-electron chi connectivity index (χ1n) is 11.2. The summed E-state index contributed by atoms with van der Waals surface area (Å²) in [5, 5.41) is 4.56. The van der Waals surface area contributed by atoms with E-state index in [-0.39, 0.29) is 11.5 Å². The van der Waals surface area contributed by atoms with E-state index in [9.17, 15) is 9.59 Å². The predicted molar refractivity (Wildman–Crippen MR) is 128 cm³/mol. The number of ether oxygens (including phenoxy) is 1. The molecule has 0 aliphatic carbocycles. The number of amides is 1. The number of hydrogen-bond acceptors (Lipinski definition) is 5. The van der Waals surface area contributed by atoms with Crippen molar-refractivity contribution < 1.29 is 9.53 Å². The number of carbonyl (C=O) groups excluding carboxylic acids is 1. The van der Waals surface area contributed by atoms with Crippen molar-refractivity contribution in [3.8, 4) is 5.75 Å². The SMILES string of the molecule is CCCCn1c(=O)c2c(OC)c(C(=O)NCCC3CCCN3C)sc2c2ccccc21. The molecule has 7 heteroatoms. The van der Waals surface area contributed by atoms with Crippen LogP contribution in [0, 0.1) is 0 Å². The van der Waals surface area contributed by atoms with E-state index in [4.69, 9.17) is 4.74 Å². The van der Waals surface area contributed by atoms with Crippen molar-refractivity contribution in [1.29, 1.82) is 0 Å². The molecule has 0 spiro atoms. The van der Waals surface area contributed by atoms with Gasteiger partial charge in [-0.15, -0.1) is 11.3 Å². The maximum absolute atomic E-state index is 13.4. The van der Waals surface area contributed by atoms with Crippen molar-refractivity contribution in [3.05, 3.63) is 39.5 Å². The van der Waals surface area contributed by atoms with E-state index in [1.807, 2.05) is 28.8 Å². The zero-order valence-electron chi connectivity index (χ0n) is 18.6. The van der Waals surface area contributed by atoms with Crippen LogP contribution in [0.2, 0.25) is 0 Å². The molecule has 1 fully saturated rings. The average Bonchev–Trinajstić information content (AvgIpc) is 3.37. The quantitative estimate of drug-likeness (QED) is 0.568. The lowest BCUT2D eigenvalue weighted by atomic mass is 10.1. The number of thiophene rings is 1. The molecule has 31 heavy (non-hydrogen) atoms. The molecule has 1 saturated heterocycles. The molecule has 1 aromatic carbocycles. The van der Waals surface area contributed by atoms with Gasteiger partial charge in [0.05, 0.1) is 17.3 Å². The van der Waals surface area contributed by atoms with Crippen LogP contribution in [0.1, 0.15) is 48.7 Å². The van der Waals surface area contributed by atoms with Crippen LogP contribution in [-0.2, 0) is 6.54 Å². The van der Waals surface area contributed by atoms with E-state index in [0.717, 1.165) is 41.4 Å². The Kier molecular flexibility index (Phi) is 6.62. The number of benzene rings is 1. The number of rotatable bonds is 8. The normalized spacial score (nSPS) is 16.9. The van der Waals surface area contributed by atoms with E-state index in [1.54, 1.807) is 0 Å². The van der Waals surface area contributed by atoms with Gasteiger partial charge in [-0.3, -0.25) is 9.59 Å². The summed E-state index contributed by atoms with van der Waals surface area (Å²) in [6.07, 6.45) is 5.26. The van der Waals surface area contributed by atoms with E-state index in [1.165, 1.54) is 31.3 Å². The molecule has 4 rings (SSSR count). The first kappa shape index (κ1) is 21.8. The van der Waals surface area contributed by atoms with Gasteiger partial charge in [-0.1, -0.05) is 31.5 Å². The number of fused-ring (bicyclic) bond motifs is 3. The Morgan fingerprint density at radius 2 is 2.13 bits per heavy atom. The number of methoxy groups -OCH3 is 1. The van der Waals surface area contributed by atoms with Crippen molar-refractivity contribution in [3.63, 3.8) is 0 Å². The van der Waals surface area contributed by atoms with Gasteiger partial charge in [0.25, 0.3) is 11.5 Å². The van der Waals surface area contributed by atoms with E-state index in [2.05, 4.69) is 24.2 Å². The molecule has 1 aliphatic heterocycles. The molecular weight excluding hydrogens is 410 g/mol. The summed E-state index contributed by atoms with van der Waals surface area (Å²) in [6, 6.07) is 8.46. The number of pyridine rings is 1. The fourth-order valence-corrected chi connectivity index (χ4v) is 5.82.